The quantitative estimate of drug-likeness (QED) is 0.804. The average molecular weight is 305 g/mol. The second kappa shape index (κ2) is 7.02. The SMILES string of the molecule is Cc1ccc(C(=O)OCC(=O)N2CCCC(C(N)=O)C2)cn1. The minimum Gasteiger partial charge on any atom is -0.452 e. The highest BCUT2D eigenvalue weighted by Gasteiger charge is 2.27. The topological polar surface area (TPSA) is 103 Å². The summed E-state index contributed by atoms with van der Waals surface area (Å²) in [6.07, 6.45) is 2.81. The minimum atomic E-state index is -0.593. The predicted molar refractivity (Wildman–Crippen MR) is 77.8 cm³/mol. The van der Waals surface area contributed by atoms with Crippen molar-refractivity contribution in [3.8, 4) is 0 Å². The number of primary amides is 1. The molecule has 7 heteroatoms. The van der Waals surface area contributed by atoms with Gasteiger partial charge in [-0.05, 0) is 31.9 Å². The zero-order chi connectivity index (χ0) is 16.1. The summed E-state index contributed by atoms with van der Waals surface area (Å²) in [5, 5.41) is 0. The molecule has 1 atom stereocenters. The van der Waals surface area contributed by atoms with Gasteiger partial charge >= 0.3 is 5.97 Å². The predicted octanol–water partition coefficient (Wildman–Crippen LogP) is 0.271. The molecule has 0 saturated carbocycles. The summed E-state index contributed by atoms with van der Waals surface area (Å²) >= 11 is 0. The van der Waals surface area contributed by atoms with Crippen molar-refractivity contribution in [2.45, 2.75) is 19.8 Å². The first-order valence-corrected chi connectivity index (χ1v) is 7.14. The summed E-state index contributed by atoms with van der Waals surface area (Å²) in [5.74, 6) is -1.64. The molecular weight excluding hydrogens is 286 g/mol. The Hall–Kier alpha value is -2.44. The van der Waals surface area contributed by atoms with Crippen molar-refractivity contribution in [1.29, 1.82) is 0 Å². The highest BCUT2D eigenvalue weighted by Crippen LogP contribution is 2.16. The van der Waals surface area contributed by atoms with Gasteiger partial charge < -0.3 is 15.4 Å². The molecule has 0 bridgehead atoms. The summed E-state index contributed by atoms with van der Waals surface area (Å²) in [4.78, 5) is 40.6. The van der Waals surface area contributed by atoms with E-state index in [1.807, 2.05) is 6.92 Å². The van der Waals surface area contributed by atoms with Crippen LogP contribution in [0.5, 0.6) is 0 Å². The number of nitrogens with two attached hydrogens (primary N) is 1. The minimum absolute atomic E-state index is 0.289. The molecule has 1 fully saturated rings. The van der Waals surface area contributed by atoms with Crippen LogP contribution in [-0.2, 0) is 14.3 Å². The van der Waals surface area contributed by atoms with Crippen LogP contribution >= 0.6 is 0 Å². The molecule has 22 heavy (non-hydrogen) atoms. The first-order valence-electron chi connectivity index (χ1n) is 7.14. The number of esters is 1. The van der Waals surface area contributed by atoms with Gasteiger partial charge in [-0.25, -0.2) is 4.79 Å². The number of amides is 2. The lowest BCUT2D eigenvalue weighted by atomic mass is 9.97. The maximum atomic E-state index is 12.0. The van der Waals surface area contributed by atoms with Crippen molar-refractivity contribution < 1.29 is 19.1 Å². The van der Waals surface area contributed by atoms with Crippen molar-refractivity contribution in [3.63, 3.8) is 0 Å². The first-order chi connectivity index (χ1) is 10.5. The lowest BCUT2D eigenvalue weighted by Gasteiger charge is -2.31. The largest absolute Gasteiger partial charge is 0.452 e. The third-order valence-electron chi connectivity index (χ3n) is 3.65. The molecule has 2 heterocycles. The zero-order valence-corrected chi connectivity index (χ0v) is 12.4. The summed E-state index contributed by atoms with van der Waals surface area (Å²) in [6, 6.07) is 3.29. The molecule has 0 spiro atoms. The standard InChI is InChI=1S/C15H19N3O4/c1-10-4-5-11(7-17-10)15(21)22-9-13(19)18-6-2-3-12(8-18)14(16)20/h4-5,7,12H,2-3,6,8-9H2,1H3,(H2,16,20). The molecule has 1 aromatic rings. The Morgan fingerprint density at radius 2 is 2.18 bits per heavy atom. The van der Waals surface area contributed by atoms with Crippen LogP contribution in [-0.4, -0.2) is 47.4 Å². The Bertz CT molecular complexity index is 571. The lowest BCUT2D eigenvalue weighted by Crippen LogP contribution is -2.45. The highest BCUT2D eigenvalue weighted by atomic mass is 16.5. The summed E-state index contributed by atoms with van der Waals surface area (Å²) in [6.45, 7) is 2.30. The van der Waals surface area contributed by atoms with E-state index >= 15 is 0 Å². The fraction of sp³-hybridized carbons (Fsp3) is 0.467. The van der Waals surface area contributed by atoms with E-state index in [4.69, 9.17) is 10.5 Å². The number of carbonyl (C=O) groups is 3. The fourth-order valence-electron chi connectivity index (χ4n) is 2.33. The monoisotopic (exact) mass is 305 g/mol. The summed E-state index contributed by atoms with van der Waals surface area (Å²) in [7, 11) is 0. The van der Waals surface area contributed by atoms with E-state index in [-0.39, 0.29) is 25.0 Å². The number of carbonyl (C=O) groups excluding carboxylic acids is 3. The molecule has 1 aliphatic rings. The van der Waals surface area contributed by atoms with Crippen molar-refractivity contribution in [3.05, 3.63) is 29.6 Å². The molecular formula is C15H19N3O4. The van der Waals surface area contributed by atoms with Crippen LogP contribution < -0.4 is 5.73 Å². The van der Waals surface area contributed by atoms with E-state index in [0.717, 1.165) is 12.1 Å². The maximum Gasteiger partial charge on any atom is 0.340 e. The number of aromatic nitrogens is 1. The van der Waals surface area contributed by atoms with Gasteiger partial charge in [0.05, 0.1) is 11.5 Å². The number of pyridine rings is 1. The Balaban J connectivity index is 1.85. The first kappa shape index (κ1) is 15.9. The number of nitrogens with zero attached hydrogens (tertiary/aromatic N) is 2. The normalized spacial score (nSPS) is 17.9. The molecule has 1 unspecified atom stereocenters. The van der Waals surface area contributed by atoms with E-state index in [9.17, 15) is 14.4 Å². The smallest absolute Gasteiger partial charge is 0.340 e. The highest BCUT2D eigenvalue weighted by molar-refractivity contribution is 5.91. The van der Waals surface area contributed by atoms with Crippen LogP contribution in [0.25, 0.3) is 0 Å². The molecule has 1 saturated heterocycles. The van der Waals surface area contributed by atoms with Gasteiger partial charge in [0, 0.05) is 25.0 Å². The fourth-order valence-corrected chi connectivity index (χ4v) is 2.33. The van der Waals surface area contributed by atoms with Crippen LogP contribution in [0.1, 0.15) is 28.9 Å². The van der Waals surface area contributed by atoms with Gasteiger partial charge in [0.1, 0.15) is 0 Å². The van der Waals surface area contributed by atoms with Gasteiger partial charge in [0.2, 0.25) is 5.91 Å². The molecule has 1 aromatic heterocycles. The van der Waals surface area contributed by atoms with Crippen molar-refractivity contribution in [2.75, 3.05) is 19.7 Å². The molecule has 7 nitrogen and oxygen atoms in total. The van der Waals surface area contributed by atoms with E-state index in [2.05, 4.69) is 4.98 Å². The number of aryl methyl sites for hydroxylation is 1. The van der Waals surface area contributed by atoms with Crippen LogP contribution in [0.4, 0.5) is 0 Å². The molecule has 1 aliphatic heterocycles. The molecule has 0 aliphatic carbocycles. The van der Waals surface area contributed by atoms with Crippen LogP contribution in [0.15, 0.2) is 18.3 Å². The molecule has 2 rings (SSSR count). The van der Waals surface area contributed by atoms with Gasteiger partial charge in [-0.1, -0.05) is 0 Å². The molecule has 0 radical (unpaired) electrons. The number of likely N-dealkylation sites (tertiary alicyclic amines) is 1. The van der Waals surface area contributed by atoms with Crippen LogP contribution in [0.3, 0.4) is 0 Å². The van der Waals surface area contributed by atoms with E-state index in [1.54, 1.807) is 12.1 Å². The zero-order valence-electron chi connectivity index (χ0n) is 12.4. The number of piperidine rings is 1. The van der Waals surface area contributed by atoms with Gasteiger partial charge in [-0.15, -0.1) is 0 Å². The Morgan fingerprint density at radius 3 is 2.82 bits per heavy atom. The Morgan fingerprint density at radius 1 is 1.41 bits per heavy atom. The Labute approximate surface area is 128 Å². The second-order valence-corrected chi connectivity index (χ2v) is 5.35. The van der Waals surface area contributed by atoms with Gasteiger partial charge in [0.15, 0.2) is 6.61 Å². The second-order valence-electron chi connectivity index (χ2n) is 5.35. The van der Waals surface area contributed by atoms with Gasteiger partial charge in [-0.3, -0.25) is 14.6 Å². The maximum absolute atomic E-state index is 12.0. The van der Waals surface area contributed by atoms with Gasteiger partial charge in [-0.2, -0.15) is 0 Å². The molecule has 118 valence electrons. The van der Waals surface area contributed by atoms with Crippen molar-refractivity contribution in [2.24, 2.45) is 11.7 Å². The van der Waals surface area contributed by atoms with E-state index < -0.39 is 11.9 Å². The van der Waals surface area contributed by atoms with Crippen molar-refractivity contribution in [1.82, 2.24) is 9.88 Å². The number of hydrogen-bond donors (Lipinski definition) is 1. The Kier molecular flexibility index (Phi) is 5.08. The van der Waals surface area contributed by atoms with Crippen molar-refractivity contribution >= 4 is 17.8 Å². The van der Waals surface area contributed by atoms with E-state index in [0.29, 0.717) is 18.5 Å². The molecule has 2 N–H and O–H groups in total. The summed E-state index contributed by atoms with van der Waals surface area (Å²) in [5.41, 5.74) is 6.36. The number of ether oxygens (including phenoxy) is 1. The van der Waals surface area contributed by atoms with Crippen LogP contribution in [0, 0.1) is 12.8 Å². The molecule has 2 amide bonds. The number of hydrogen-bond acceptors (Lipinski definition) is 5. The third kappa shape index (κ3) is 4.03. The van der Waals surface area contributed by atoms with Crippen LogP contribution in [0.2, 0.25) is 0 Å². The van der Waals surface area contributed by atoms with E-state index in [1.165, 1.54) is 11.1 Å². The molecule has 0 aromatic carbocycles. The third-order valence-corrected chi connectivity index (χ3v) is 3.65. The average Bonchev–Trinajstić information content (AvgIpc) is 2.53. The summed E-state index contributed by atoms with van der Waals surface area (Å²) < 4.78 is 4.99. The lowest BCUT2D eigenvalue weighted by molar-refractivity contribution is -0.137. The van der Waals surface area contributed by atoms with Gasteiger partial charge in [0.25, 0.3) is 5.91 Å². The number of rotatable bonds is 4.